The summed E-state index contributed by atoms with van der Waals surface area (Å²) in [6.45, 7) is 5.95. The fourth-order valence-corrected chi connectivity index (χ4v) is 3.66. The maximum atomic E-state index is 12.3. The summed E-state index contributed by atoms with van der Waals surface area (Å²) in [7, 11) is -3.64. The zero-order valence-corrected chi connectivity index (χ0v) is 12.4. The Bertz CT molecular complexity index is 557. The molecule has 1 atom stereocenters. The lowest BCUT2D eigenvalue weighted by molar-refractivity contribution is 0.390. The van der Waals surface area contributed by atoms with E-state index in [1.165, 1.54) is 12.1 Å². The molecule has 0 bridgehead atoms. The van der Waals surface area contributed by atoms with Crippen molar-refractivity contribution in [2.24, 2.45) is 5.92 Å². The van der Waals surface area contributed by atoms with Crippen LogP contribution in [0.4, 0.5) is 0 Å². The van der Waals surface area contributed by atoms with Crippen molar-refractivity contribution < 1.29 is 8.42 Å². The van der Waals surface area contributed by atoms with Gasteiger partial charge in [0, 0.05) is 6.04 Å². The third-order valence-corrected chi connectivity index (χ3v) is 5.01. The molecule has 0 saturated heterocycles. The van der Waals surface area contributed by atoms with E-state index in [2.05, 4.69) is 4.72 Å². The maximum Gasteiger partial charge on any atom is 0.242 e. The molecule has 0 saturated carbocycles. The Labute approximate surface area is 115 Å². The highest BCUT2D eigenvalue weighted by Crippen LogP contribution is 2.18. The molecule has 0 fully saturated rings. The first-order valence-corrected chi connectivity index (χ1v) is 7.96. The molecule has 104 valence electrons. The van der Waals surface area contributed by atoms with Crippen molar-refractivity contribution in [2.75, 3.05) is 0 Å². The molecule has 1 N–H and O–H groups in total. The van der Waals surface area contributed by atoms with Crippen LogP contribution in [0.3, 0.4) is 0 Å². The summed E-state index contributed by atoms with van der Waals surface area (Å²) in [5.74, 6) is 0.295. The van der Waals surface area contributed by atoms with E-state index in [4.69, 9.17) is 5.26 Å². The largest absolute Gasteiger partial charge is 0.242 e. The highest BCUT2D eigenvalue weighted by Gasteiger charge is 2.23. The Balaban J connectivity index is 3.03. The zero-order chi connectivity index (χ0) is 14.5. The second-order valence-corrected chi connectivity index (χ2v) is 6.28. The normalized spacial score (nSPS) is 13.2. The van der Waals surface area contributed by atoms with Crippen LogP contribution in [0, 0.1) is 17.2 Å². The van der Waals surface area contributed by atoms with E-state index in [1.807, 2.05) is 26.8 Å². The van der Waals surface area contributed by atoms with Gasteiger partial charge in [-0.25, -0.2) is 13.1 Å². The van der Waals surface area contributed by atoms with Crippen LogP contribution in [0.15, 0.2) is 29.2 Å². The first kappa shape index (κ1) is 15.7. The summed E-state index contributed by atoms with van der Waals surface area (Å²) in [5.41, 5.74) is 0.173. The van der Waals surface area contributed by atoms with Gasteiger partial charge in [-0.2, -0.15) is 5.26 Å². The van der Waals surface area contributed by atoms with Crippen molar-refractivity contribution in [1.29, 1.82) is 5.26 Å². The molecule has 19 heavy (non-hydrogen) atoms. The quantitative estimate of drug-likeness (QED) is 0.871. The molecule has 0 aliphatic heterocycles. The van der Waals surface area contributed by atoms with Gasteiger partial charge >= 0.3 is 0 Å². The van der Waals surface area contributed by atoms with Gasteiger partial charge in [0.05, 0.1) is 10.5 Å². The number of hydrogen-bond donors (Lipinski definition) is 1. The molecule has 1 aromatic carbocycles. The van der Waals surface area contributed by atoms with Gasteiger partial charge < -0.3 is 0 Å². The first-order chi connectivity index (χ1) is 8.96. The summed E-state index contributed by atoms with van der Waals surface area (Å²) in [5, 5.41) is 8.98. The van der Waals surface area contributed by atoms with E-state index in [0.29, 0.717) is 5.92 Å². The molecule has 0 aromatic heterocycles. The predicted octanol–water partition coefficient (Wildman–Crippen LogP) is 2.66. The average Bonchev–Trinajstić information content (AvgIpc) is 2.39. The minimum atomic E-state index is -3.64. The Hall–Kier alpha value is -1.38. The Kier molecular flexibility index (Phi) is 5.52. The smallest absolute Gasteiger partial charge is 0.208 e. The maximum absolute atomic E-state index is 12.3. The number of nitrogens with one attached hydrogen (secondary N) is 1. The molecule has 0 aliphatic carbocycles. The molecule has 4 nitrogen and oxygen atoms in total. The van der Waals surface area contributed by atoms with Crippen LogP contribution in [-0.2, 0) is 10.0 Å². The fraction of sp³-hybridized carbons (Fsp3) is 0.500. The summed E-state index contributed by atoms with van der Waals surface area (Å²) in [4.78, 5) is 0.0512. The molecule has 5 heteroatoms. The lowest BCUT2D eigenvalue weighted by Crippen LogP contribution is -2.38. The minimum absolute atomic E-state index is 0.0512. The van der Waals surface area contributed by atoms with Crippen molar-refractivity contribution in [2.45, 2.75) is 44.6 Å². The van der Waals surface area contributed by atoms with Gasteiger partial charge in [-0.15, -0.1) is 0 Å². The number of sulfonamides is 1. The summed E-state index contributed by atoms with van der Waals surface area (Å²) in [6, 6.07) is 8.01. The topological polar surface area (TPSA) is 70.0 Å². The minimum Gasteiger partial charge on any atom is -0.208 e. The molecule has 0 heterocycles. The Morgan fingerprint density at radius 2 is 1.84 bits per heavy atom. The highest BCUT2D eigenvalue weighted by molar-refractivity contribution is 7.89. The number of nitriles is 1. The first-order valence-electron chi connectivity index (χ1n) is 6.47. The number of rotatable bonds is 6. The molecule has 0 radical (unpaired) electrons. The average molecular weight is 280 g/mol. The molecule has 0 aliphatic rings. The van der Waals surface area contributed by atoms with E-state index in [-0.39, 0.29) is 16.5 Å². The fourth-order valence-electron chi connectivity index (χ4n) is 2.19. The summed E-state index contributed by atoms with van der Waals surface area (Å²) in [6.07, 6.45) is 1.83. The van der Waals surface area contributed by atoms with Crippen LogP contribution < -0.4 is 4.72 Å². The van der Waals surface area contributed by atoms with Crippen LogP contribution in [0.2, 0.25) is 0 Å². The van der Waals surface area contributed by atoms with E-state index >= 15 is 0 Å². The van der Waals surface area contributed by atoms with Crippen LogP contribution in [-0.4, -0.2) is 14.5 Å². The van der Waals surface area contributed by atoms with Gasteiger partial charge in [0.15, 0.2) is 0 Å². The number of benzene rings is 1. The summed E-state index contributed by atoms with van der Waals surface area (Å²) < 4.78 is 27.3. The second-order valence-electron chi connectivity index (χ2n) is 4.59. The van der Waals surface area contributed by atoms with Crippen LogP contribution in [0.25, 0.3) is 0 Å². The van der Waals surface area contributed by atoms with Crippen LogP contribution >= 0.6 is 0 Å². The molecule has 0 amide bonds. The third-order valence-electron chi connectivity index (χ3n) is 3.39. The highest BCUT2D eigenvalue weighted by atomic mass is 32.2. The zero-order valence-electron chi connectivity index (χ0n) is 11.6. The van der Waals surface area contributed by atoms with Crippen LogP contribution in [0.5, 0.6) is 0 Å². The SMILES string of the molecule is CCC(CC)C(C)NS(=O)(=O)c1ccccc1C#N. The van der Waals surface area contributed by atoms with Gasteiger partial charge in [-0.3, -0.25) is 0 Å². The number of nitrogens with zero attached hydrogens (tertiary/aromatic N) is 1. The lowest BCUT2D eigenvalue weighted by atomic mass is 9.96. The van der Waals surface area contributed by atoms with Gasteiger partial charge in [0.25, 0.3) is 0 Å². The van der Waals surface area contributed by atoms with Crippen molar-refractivity contribution >= 4 is 10.0 Å². The van der Waals surface area contributed by atoms with Gasteiger partial charge in [-0.05, 0) is 25.0 Å². The van der Waals surface area contributed by atoms with Crippen molar-refractivity contribution in [3.63, 3.8) is 0 Å². The van der Waals surface area contributed by atoms with Crippen molar-refractivity contribution in [3.8, 4) is 6.07 Å². The monoisotopic (exact) mass is 280 g/mol. The van der Waals surface area contributed by atoms with E-state index in [0.717, 1.165) is 12.8 Å². The molecule has 0 spiro atoms. The molecule has 1 unspecified atom stereocenters. The Morgan fingerprint density at radius 3 is 2.37 bits per heavy atom. The predicted molar refractivity (Wildman–Crippen MR) is 75.0 cm³/mol. The molecule has 1 rings (SSSR count). The van der Waals surface area contributed by atoms with Crippen LogP contribution in [0.1, 0.15) is 39.2 Å². The molecular formula is C14H20N2O2S. The van der Waals surface area contributed by atoms with Gasteiger partial charge in [0.2, 0.25) is 10.0 Å². The van der Waals surface area contributed by atoms with E-state index < -0.39 is 10.0 Å². The summed E-state index contributed by atoms with van der Waals surface area (Å²) >= 11 is 0. The molecule has 1 aromatic rings. The standard InChI is InChI=1S/C14H20N2O2S/c1-4-12(5-2)11(3)16-19(17,18)14-9-7-6-8-13(14)10-15/h6-9,11-12,16H,4-5H2,1-3H3. The molecular weight excluding hydrogens is 260 g/mol. The van der Waals surface area contributed by atoms with Crippen molar-refractivity contribution in [3.05, 3.63) is 29.8 Å². The second kappa shape index (κ2) is 6.69. The van der Waals surface area contributed by atoms with E-state index in [1.54, 1.807) is 12.1 Å². The van der Waals surface area contributed by atoms with Gasteiger partial charge in [0.1, 0.15) is 6.07 Å². The number of hydrogen-bond acceptors (Lipinski definition) is 3. The third kappa shape index (κ3) is 3.79. The Morgan fingerprint density at radius 1 is 1.26 bits per heavy atom. The lowest BCUT2D eigenvalue weighted by Gasteiger charge is -2.22. The van der Waals surface area contributed by atoms with Gasteiger partial charge in [-0.1, -0.05) is 38.8 Å². The van der Waals surface area contributed by atoms with E-state index in [9.17, 15) is 8.42 Å². The van der Waals surface area contributed by atoms with Crippen molar-refractivity contribution in [1.82, 2.24) is 4.72 Å².